The quantitative estimate of drug-likeness (QED) is 0.647. The maximum Gasteiger partial charge on any atom is 0.0719 e. The second kappa shape index (κ2) is 6.82. The molecule has 1 aliphatic rings. The van der Waals surface area contributed by atoms with Gasteiger partial charge in [0.25, 0.3) is 0 Å². The maximum absolute atomic E-state index is 4.77. The highest BCUT2D eigenvalue weighted by molar-refractivity contribution is 5.61. The molecule has 0 aromatic rings. The van der Waals surface area contributed by atoms with E-state index in [1.165, 1.54) is 25.7 Å². The van der Waals surface area contributed by atoms with Crippen LogP contribution in [-0.4, -0.2) is 24.5 Å². The van der Waals surface area contributed by atoms with Crippen molar-refractivity contribution in [2.45, 2.75) is 65.5 Å². The van der Waals surface area contributed by atoms with Crippen molar-refractivity contribution in [1.29, 1.82) is 0 Å². The summed E-state index contributed by atoms with van der Waals surface area (Å²) in [5.41, 5.74) is 0. The van der Waals surface area contributed by atoms with Gasteiger partial charge >= 0.3 is 0 Å². The van der Waals surface area contributed by atoms with E-state index in [0.717, 1.165) is 0 Å². The summed E-state index contributed by atoms with van der Waals surface area (Å²) in [5.74, 6) is 1.26. The lowest BCUT2D eigenvalue weighted by Gasteiger charge is -2.26. The van der Waals surface area contributed by atoms with Crippen molar-refractivity contribution >= 4 is 12.4 Å². The van der Waals surface area contributed by atoms with Crippen LogP contribution in [0.3, 0.4) is 0 Å². The Morgan fingerprint density at radius 1 is 1.00 bits per heavy atom. The van der Waals surface area contributed by atoms with E-state index >= 15 is 0 Å². The minimum atomic E-state index is 0.436. The predicted molar refractivity (Wildman–Crippen MR) is 72.7 cm³/mol. The Bertz CT molecular complexity index is 243. The van der Waals surface area contributed by atoms with Crippen LogP contribution >= 0.6 is 0 Å². The third-order valence-corrected chi connectivity index (χ3v) is 3.60. The Balaban J connectivity index is 2.55. The number of hydrogen-bond acceptors (Lipinski definition) is 2. The van der Waals surface area contributed by atoms with E-state index in [9.17, 15) is 0 Å². The van der Waals surface area contributed by atoms with Crippen LogP contribution in [0.1, 0.15) is 53.4 Å². The van der Waals surface area contributed by atoms with Crippen molar-refractivity contribution in [2.75, 3.05) is 0 Å². The van der Waals surface area contributed by atoms with Gasteiger partial charge in [0.2, 0.25) is 0 Å². The minimum Gasteiger partial charge on any atom is -0.292 e. The first-order valence-electron chi connectivity index (χ1n) is 6.66. The molecule has 0 aromatic carbocycles. The van der Waals surface area contributed by atoms with Crippen LogP contribution in [0.25, 0.3) is 0 Å². The van der Waals surface area contributed by atoms with Crippen LogP contribution in [0.4, 0.5) is 0 Å². The van der Waals surface area contributed by atoms with Gasteiger partial charge < -0.3 is 0 Å². The van der Waals surface area contributed by atoms with E-state index in [2.05, 4.69) is 32.0 Å². The van der Waals surface area contributed by atoms with Crippen molar-refractivity contribution in [3.8, 4) is 0 Å². The molecule has 1 fully saturated rings. The first kappa shape index (κ1) is 13.4. The topological polar surface area (TPSA) is 24.7 Å². The first-order chi connectivity index (χ1) is 7.65. The summed E-state index contributed by atoms with van der Waals surface area (Å²) in [6.07, 6.45) is 9.14. The van der Waals surface area contributed by atoms with Crippen LogP contribution < -0.4 is 0 Å². The molecule has 3 unspecified atom stereocenters. The molecule has 0 saturated heterocycles. The molecule has 1 rings (SSSR count). The second-order valence-electron chi connectivity index (χ2n) is 5.23. The van der Waals surface area contributed by atoms with E-state index in [-0.39, 0.29) is 0 Å². The Labute approximate surface area is 100 Å². The highest BCUT2D eigenvalue weighted by Gasteiger charge is 2.23. The monoisotopic (exact) mass is 222 g/mol. The molecular formula is C14H26N2. The summed E-state index contributed by atoms with van der Waals surface area (Å²) in [5, 5.41) is 0. The number of rotatable bonds is 4. The van der Waals surface area contributed by atoms with Crippen molar-refractivity contribution in [2.24, 2.45) is 21.8 Å². The van der Waals surface area contributed by atoms with E-state index in [4.69, 9.17) is 4.99 Å². The average molecular weight is 222 g/mol. The van der Waals surface area contributed by atoms with E-state index in [1.807, 2.05) is 13.1 Å². The molecule has 16 heavy (non-hydrogen) atoms. The fourth-order valence-electron chi connectivity index (χ4n) is 2.05. The van der Waals surface area contributed by atoms with Crippen molar-refractivity contribution in [3.63, 3.8) is 0 Å². The summed E-state index contributed by atoms with van der Waals surface area (Å²) in [6.45, 7) is 8.75. The summed E-state index contributed by atoms with van der Waals surface area (Å²) >= 11 is 0. The van der Waals surface area contributed by atoms with Crippen molar-refractivity contribution in [3.05, 3.63) is 0 Å². The van der Waals surface area contributed by atoms with Crippen LogP contribution in [0, 0.1) is 11.8 Å². The molecule has 0 heterocycles. The molecule has 0 spiro atoms. The van der Waals surface area contributed by atoms with Crippen molar-refractivity contribution < 1.29 is 0 Å². The van der Waals surface area contributed by atoms with Gasteiger partial charge in [-0.3, -0.25) is 9.98 Å². The molecule has 1 saturated carbocycles. The molecular weight excluding hydrogens is 196 g/mol. The van der Waals surface area contributed by atoms with Gasteiger partial charge in [0.05, 0.1) is 12.1 Å². The predicted octanol–water partition coefficient (Wildman–Crippen LogP) is 3.75. The largest absolute Gasteiger partial charge is 0.292 e. The third-order valence-electron chi connectivity index (χ3n) is 3.60. The third kappa shape index (κ3) is 4.07. The highest BCUT2D eigenvalue weighted by atomic mass is 14.9. The Morgan fingerprint density at radius 3 is 2.06 bits per heavy atom. The zero-order valence-corrected chi connectivity index (χ0v) is 11.2. The second-order valence-corrected chi connectivity index (χ2v) is 5.23. The van der Waals surface area contributed by atoms with Crippen molar-refractivity contribution in [1.82, 2.24) is 0 Å². The smallest absolute Gasteiger partial charge is 0.0719 e. The zero-order chi connectivity index (χ0) is 12.0. The Kier molecular flexibility index (Phi) is 5.72. The van der Waals surface area contributed by atoms with Gasteiger partial charge in [-0.25, -0.2) is 0 Å². The normalized spacial score (nSPS) is 29.3. The summed E-state index contributed by atoms with van der Waals surface area (Å²) in [4.78, 5) is 9.31. The molecule has 92 valence electrons. The van der Waals surface area contributed by atoms with E-state index in [0.29, 0.717) is 23.9 Å². The molecule has 0 N–H and O–H groups in total. The number of hydrogen-bond donors (Lipinski definition) is 0. The molecule has 1 aliphatic carbocycles. The van der Waals surface area contributed by atoms with Crippen LogP contribution in [0.5, 0.6) is 0 Å². The number of aliphatic imine (C=N–C) groups is 2. The summed E-state index contributed by atoms with van der Waals surface area (Å²) in [6, 6.07) is 0.875. The molecule has 0 aromatic heterocycles. The molecule has 3 atom stereocenters. The van der Waals surface area contributed by atoms with E-state index in [1.54, 1.807) is 0 Å². The minimum absolute atomic E-state index is 0.436. The van der Waals surface area contributed by atoms with Crippen LogP contribution in [0.2, 0.25) is 0 Å². The van der Waals surface area contributed by atoms with Crippen LogP contribution in [0.15, 0.2) is 9.98 Å². The molecule has 0 aliphatic heterocycles. The standard InChI is InChI=1S/C14H26N2/c1-5-15-13-8-6-7-9-14(13)16-10-12(4)11(2)3/h5,10-14H,6-9H2,1-4H3. The fraction of sp³-hybridized carbons (Fsp3) is 0.857. The van der Waals surface area contributed by atoms with Gasteiger partial charge in [-0.1, -0.05) is 33.6 Å². The molecule has 2 nitrogen and oxygen atoms in total. The van der Waals surface area contributed by atoms with Gasteiger partial charge in [0, 0.05) is 6.21 Å². The molecule has 0 radical (unpaired) electrons. The first-order valence-corrected chi connectivity index (χ1v) is 6.66. The highest BCUT2D eigenvalue weighted by Crippen LogP contribution is 2.24. The maximum atomic E-state index is 4.77. The van der Waals surface area contributed by atoms with E-state index < -0.39 is 0 Å². The fourth-order valence-corrected chi connectivity index (χ4v) is 2.05. The molecule has 0 amide bonds. The summed E-state index contributed by atoms with van der Waals surface area (Å²) < 4.78 is 0. The average Bonchev–Trinajstić information content (AvgIpc) is 2.27. The van der Waals surface area contributed by atoms with Crippen LogP contribution in [-0.2, 0) is 0 Å². The number of nitrogens with zero attached hydrogens (tertiary/aromatic N) is 2. The lowest BCUT2D eigenvalue weighted by atomic mass is 9.91. The lowest BCUT2D eigenvalue weighted by Crippen LogP contribution is -2.27. The molecule has 0 bridgehead atoms. The van der Waals surface area contributed by atoms with Gasteiger partial charge in [-0.2, -0.15) is 0 Å². The van der Waals surface area contributed by atoms with Gasteiger partial charge in [-0.05, 0) is 37.8 Å². The SMILES string of the molecule is CC=NC1CCCCC1N=CC(C)C(C)C. The zero-order valence-electron chi connectivity index (χ0n) is 11.2. The van der Waals surface area contributed by atoms with Gasteiger partial charge in [0.15, 0.2) is 0 Å². The van der Waals surface area contributed by atoms with Gasteiger partial charge in [0.1, 0.15) is 0 Å². The lowest BCUT2D eigenvalue weighted by molar-refractivity contribution is 0.387. The Hall–Kier alpha value is -0.660. The summed E-state index contributed by atoms with van der Waals surface area (Å²) in [7, 11) is 0. The van der Waals surface area contributed by atoms with Gasteiger partial charge in [-0.15, -0.1) is 0 Å². The Morgan fingerprint density at radius 2 is 1.56 bits per heavy atom. The molecule has 2 heteroatoms.